The molecule has 0 radical (unpaired) electrons. The van der Waals surface area contributed by atoms with Crippen LogP contribution in [-0.2, 0) is 14.0 Å². The van der Waals surface area contributed by atoms with Crippen molar-refractivity contribution in [2.45, 2.75) is 25.0 Å². The van der Waals surface area contributed by atoms with Gasteiger partial charge in [0.1, 0.15) is 18.0 Å². The highest BCUT2D eigenvalue weighted by atomic mass is 31.2. The van der Waals surface area contributed by atoms with Crippen molar-refractivity contribution in [1.82, 2.24) is 20.2 Å². The smallest absolute Gasteiger partial charge is 0.350 e. The second-order valence-corrected chi connectivity index (χ2v) is 6.64. The number of H-pyrrole nitrogens is 2. The lowest BCUT2D eigenvalue weighted by atomic mass is 10.1. The molecule has 1 aliphatic rings. The Kier molecular flexibility index (Phi) is 4.11. The summed E-state index contributed by atoms with van der Waals surface area (Å²) in [6, 6.07) is 0. The van der Waals surface area contributed by atoms with Crippen LogP contribution < -0.4 is 5.56 Å². The van der Waals surface area contributed by atoms with E-state index in [2.05, 4.69) is 20.2 Å². The fraction of sp³-hybridized carbons (Fsp3) is 0.545. The summed E-state index contributed by atoms with van der Waals surface area (Å²) in [5.74, 6) is 0. The van der Waals surface area contributed by atoms with Crippen molar-refractivity contribution < 1.29 is 23.8 Å². The summed E-state index contributed by atoms with van der Waals surface area (Å²) in [6.45, 7) is 0.0989. The Morgan fingerprint density at radius 3 is 3.00 bits per heavy atom. The van der Waals surface area contributed by atoms with Gasteiger partial charge in [0.15, 0.2) is 5.52 Å². The molecule has 4 N–H and O–H groups in total. The Bertz CT molecular complexity index is 767. The minimum absolute atomic E-state index is 0.0989. The predicted molar refractivity (Wildman–Crippen MR) is 74.2 cm³/mol. The van der Waals surface area contributed by atoms with Gasteiger partial charge < -0.3 is 24.2 Å². The van der Waals surface area contributed by atoms with Gasteiger partial charge in [-0.2, -0.15) is 5.10 Å². The molecule has 11 heteroatoms. The van der Waals surface area contributed by atoms with E-state index < -0.39 is 13.9 Å². The second kappa shape index (κ2) is 5.90. The zero-order valence-electron chi connectivity index (χ0n) is 11.4. The Morgan fingerprint density at radius 1 is 1.41 bits per heavy atom. The lowest BCUT2D eigenvalue weighted by Gasteiger charge is -2.13. The van der Waals surface area contributed by atoms with E-state index in [0.29, 0.717) is 24.1 Å². The lowest BCUT2D eigenvalue weighted by molar-refractivity contribution is -0.00947. The molecule has 1 aliphatic heterocycles. The van der Waals surface area contributed by atoms with Gasteiger partial charge in [0.2, 0.25) is 0 Å². The van der Waals surface area contributed by atoms with Gasteiger partial charge >= 0.3 is 7.60 Å². The van der Waals surface area contributed by atoms with Gasteiger partial charge in [-0.25, -0.2) is 4.98 Å². The van der Waals surface area contributed by atoms with E-state index >= 15 is 0 Å². The summed E-state index contributed by atoms with van der Waals surface area (Å²) in [4.78, 5) is 35.6. The molecule has 2 aromatic rings. The first-order chi connectivity index (χ1) is 10.4. The molecule has 0 aromatic carbocycles. The average molecular weight is 330 g/mol. The summed E-state index contributed by atoms with van der Waals surface area (Å²) >= 11 is 0. The number of fused-ring (bicyclic) bond motifs is 1. The number of nitrogens with zero attached hydrogens (tertiary/aromatic N) is 2. The molecule has 0 unspecified atom stereocenters. The third-order valence-corrected chi connectivity index (χ3v) is 3.88. The number of hydrogen-bond acceptors (Lipinski definition) is 6. The van der Waals surface area contributed by atoms with E-state index in [-0.39, 0.29) is 29.9 Å². The summed E-state index contributed by atoms with van der Waals surface area (Å²) in [5.41, 5.74) is 0.985. The molecule has 1 fully saturated rings. The van der Waals surface area contributed by atoms with E-state index in [1.165, 1.54) is 6.33 Å². The number of aromatic nitrogens is 4. The first-order valence-electron chi connectivity index (χ1n) is 6.63. The van der Waals surface area contributed by atoms with Crippen LogP contribution in [-0.4, -0.2) is 49.0 Å². The Balaban J connectivity index is 1.66. The number of ether oxygens (including phenoxy) is 2. The van der Waals surface area contributed by atoms with E-state index in [1.807, 2.05) is 0 Å². The largest absolute Gasteiger partial charge is 0.366 e. The zero-order chi connectivity index (χ0) is 15.7. The molecule has 120 valence electrons. The Hall–Kier alpha value is -1.58. The molecule has 0 spiro atoms. The molecule has 2 aromatic heterocycles. The minimum Gasteiger partial charge on any atom is -0.366 e. The van der Waals surface area contributed by atoms with Gasteiger partial charge in [-0.05, 0) is 12.8 Å². The second-order valence-electron chi connectivity index (χ2n) is 5.05. The summed E-state index contributed by atoms with van der Waals surface area (Å²) in [7, 11) is -4.17. The molecule has 3 heterocycles. The monoisotopic (exact) mass is 330 g/mol. The Labute approximate surface area is 124 Å². The highest BCUT2D eigenvalue weighted by Crippen LogP contribution is 2.36. The van der Waals surface area contributed by atoms with Crippen LogP contribution >= 0.6 is 7.60 Å². The van der Waals surface area contributed by atoms with Crippen LogP contribution in [0.25, 0.3) is 11.0 Å². The van der Waals surface area contributed by atoms with Crippen molar-refractivity contribution in [3.63, 3.8) is 0 Å². The standard InChI is InChI=1S/C11H15N4O6P/c16-11-10-9(12-4-13-11)8(14-15-10)7-2-1-6(21-7)3-20-5-22(17,18)19/h4,6-7H,1-3,5H2,(H,14,15)(H,12,13,16)(H2,17,18,19)/t6-,7+/m0/s1. The van der Waals surface area contributed by atoms with Crippen molar-refractivity contribution in [3.05, 3.63) is 22.4 Å². The quantitative estimate of drug-likeness (QED) is 0.560. The molecule has 22 heavy (non-hydrogen) atoms. The lowest BCUT2D eigenvalue weighted by Crippen LogP contribution is -2.15. The first-order valence-corrected chi connectivity index (χ1v) is 8.43. The SMILES string of the molecule is O=c1[nH]cnc2c([C@H]3CC[C@@H](COCP(=O)(O)O)O3)[nH]nc12. The summed E-state index contributed by atoms with van der Waals surface area (Å²) in [5, 5.41) is 6.71. The normalized spacial score (nSPS) is 22.5. The van der Waals surface area contributed by atoms with E-state index in [1.54, 1.807) is 0 Å². The maximum atomic E-state index is 11.6. The molecule has 2 atom stereocenters. The van der Waals surface area contributed by atoms with Gasteiger partial charge in [-0.1, -0.05) is 0 Å². The third kappa shape index (κ3) is 3.26. The predicted octanol–water partition coefficient (Wildman–Crippen LogP) is 0.0181. The van der Waals surface area contributed by atoms with Crippen LogP contribution in [0, 0.1) is 0 Å². The maximum Gasteiger partial charge on any atom is 0.350 e. The van der Waals surface area contributed by atoms with Crippen LogP contribution in [0.1, 0.15) is 24.6 Å². The van der Waals surface area contributed by atoms with Gasteiger partial charge in [0.25, 0.3) is 5.56 Å². The molecule has 10 nitrogen and oxygen atoms in total. The number of aromatic amines is 2. The van der Waals surface area contributed by atoms with Crippen LogP contribution in [0.15, 0.2) is 11.1 Å². The van der Waals surface area contributed by atoms with Crippen molar-refractivity contribution in [2.75, 3.05) is 13.0 Å². The van der Waals surface area contributed by atoms with Crippen LogP contribution in [0.2, 0.25) is 0 Å². The summed E-state index contributed by atoms with van der Waals surface area (Å²) in [6.07, 6.45) is 1.46. The molecule has 3 rings (SSSR count). The van der Waals surface area contributed by atoms with Crippen molar-refractivity contribution in [3.8, 4) is 0 Å². The number of nitrogens with one attached hydrogen (secondary N) is 2. The van der Waals surface area contributed by atoms with E-state index in [9.17, 15) is 9.36 Å². The van der Waals surface area contributed by atoms with Crippen LogP contribution in [0.5, 0.6) is 0 Å². The zero-order valence-corrected chi connectivity index (χ0v) is 12.3. The van der Waals surface area contributed by atoms with Crippen molar-refractivity contribution in [2.24, 2.45) is 0 Å². The molecule has 0 amide bonds. The molecular weight excluding hydrogens is 315 g/mol. The van der Waals surface area contributed by atoms with Crippen LogP contribution in [0.4, 0.5) is 0 Å². The van der Waals surface area contributed by atoms with Crippen molar-refractivity contribution in [1.29, 1.82) is 0 Å². The van der Waals surface area contributed by atoms with Gasteiger partial charge in [-0.15, -0.1) is 0 Å². The van der Waals surface area contributed by atoms with E-state index in [4.69, 9.17) is 19.3 Å². The first kappa shape index (κ1) is 15.3. The number of hydrogen-bond donors (Lipinski definition) is 4. The Morgan fingerprint density at radius 2 is 2.23 bits per heavy atom. The van der Waals surface area contributed by atoms with Crippen LogP contribution in [0.3, 0.4) is 0 Å². The van der Waals surface area contributed by atoms with Gasteiger partial charge in [-0.3, -0.25) is 14.5 Å². The van der Waals surface area contributed by atoms with E-state index in [0.717, 1.165) is 0 Å². The maximum absolute atomic E-state index is 11.6. The van der Waals surface area contributed by atoms with Crippen molar-refractivity contribution >= 4 is 18.6 Å². The highest BCUT2D eigenvalue weighted by molar-refractivity contribution is 7.51. The molecule has 0 saturated carbocycles. The fourth-order valence-corrected chi connectivity index (χ4v) is 2.77. The molecule has 0 bridgehead atoms. The molecule has 0 aliphatic carbocycles. The third-order valence-electron chi connectivity index (χ3n) is 3.36. The average Bonchev–Trinajstić information content (AvgIpc) is 3.04. The van der Waals surface area contributed by atoms with Gasteiger partial charge in [0.05, 0.1) is 24.7 Å². The minimum atomic E-state index is -4.17. The number of rotatable bonds is 5. The topological polar surface area (TPSA) is 150 Å². The summed E-state index contributed by atoms with van der Waals surface area (Å²) < 4.78 is 21.4. The van der Waals surface area contributed by atoms with Gasteiger partial charge in [0, 0.05) is 0 Å². The molecule has 1 saturated heterocycles. The molecular formula is C11H15N4O6P. The fourth-order valence-electron chi connectivity index (χ4n) is 2.43. The highest BCUT2D eigenvalue weighted by Gasteiger charge is 2.30.